The van der Waals surface area contributed by atoms with Crippen molar-refractivity contribution < 1.29 is 19.4 Å². The average molecular weight is 231 g/mol. The SMILES string of the molecule is OB(O)Oc1ccc(Oc2ccncc2)cc1. The third-order valence-corrected chi connectivity index (χ3v) is 1.95. The Kier molecular flexibility index (Phi) is 3.59. The third-order valence-electron chi connectivity index (χ3n) is 1.95. The minimum atomic E-state index is -1.82. The van der Waals surface area contributed by atoms with Gasteiger partial charge in [0, 0.05) is 12.4 Å². The van der Waals surface area contributed by atoms with Gasteiger partial charge in [-0.1, -0.05) is 0 Å². The normalized spacial score (nSPS) is 9.76. The summed E-state index contributed by atoms with van der Waals surface area (Å²) in [4.78, 5) is 3.88. The summed E-state index contributed by atoms with van der Waals surface area (Å²) in [6.45, 7) is 0. The molecule has 0 aliphatic heterocycles. The Morgan fingerprint density at radius 1 is 0.824 bits per heavy atom. The van der Waals surface area contributed by atoms with E-state index < -0.39 is 7.32 Å². The molecular weight excluding hydrogens is 221 g/mol. The van der Waals surface area contributed by atoms with E-state index in [1.807, 2.05) is 0 Å². The molecule has 1 aromatic carbocycles. The van der Waals surface area contributed by atoms with E-state index in [1.165, 1.54) is 0 Å². The standard InChI is InChI=1S/C11H10BNO4/c14-12(15)17-11-3-1-9(2-4-11)16-10-5-7-13-8-6-10/h1-8,14-15H. The second-order valence-electron chi connectivity index (χ2n) is 3.20. The molecule has 86 valence electrons. The van der Waals surface area contributed by atoms with E-state index >= 15 is 0 Å². The first kappa shape index (κ1) is 11.4. The van der Waals surface area contributed by atoms with E-state index in [1.54, 1.807) is 48.8 Å². The molecule has 0 unspecified atom stereocenters. The number of hydrogen-bond donors (Lipinski definition) is 2. The predicted molar refractivity (Wildman–Crippen MR) is 61.6 cm³/mol. The minimum absolute atomic E-state index is 0.349. The summed E-state index contributed by atoms with van der Waals surface area (Å²) in [6, 6.07) is 9.96. The van der Waals surface area contributed by atoms with E-state index in [0.29, 0.717) is 17.2 Å². The van der Waals surface area contributed by atoms with Crippen LogP contribution in [0.15, 0.2) is 48.8 Å². The van der Waals surface area contributed by atoms with Crippen molar-refractivity contribution in [2.24, 2.45) is 0 Å². The number of pyridine rings is 1. The Morgan fingerprint density at radius 2 is 1.35 bits per heavy atom. The van der Waals surface area contributed by atoms with E-state index in [2.05, 4.69) is 9.64 Å². The van der Waals surface area contributed by atoms with Crippen LogP contribution in [0, 0.1) is 0 Å². The Labute approximate surface area is 98.5 Å². The molecule has 2 rings (SSSR count). The van der Waals surface area contributed by atoms with Gasteiger partial charge in [-0.05, 0) is 36.4 Å². The van der Waals surface area contributed by atoms with Crippen LogP contribution in [0.25, 0.3) is 0 Å². The van der Waals surface area contributed by atoms with Gasteiger partial charge in [-0.3, -0.25) is 4.98 Å². The van der Waals surface area contributed by atoms with Crippen molar-refractivity contribution >= 4 is 7.32 Å². The highest BCUT2D eigenvalue weighted by Crippen LogP contribution is 2.23. The fraction of sp³-hybridized carbons (Fsp3) is 0. The summed E-state index contributed by atoms with van der Waals surface area (Å²) in [5.41, 5.74) is 0. The first-order valence-corrected chi connectivity index (χ1v) is 4.95. The van der Waals surface area contributed by atoms with Crippen LogP contribution in [-0.2, 0) is 0 Å². The number of aromatic nitrogens is 1. The molecule has 0 saturated heterocycles. The number of hydrogen-bond acceptors (Lipinski definition) is 5. The molecule has 0 spiro atoms. The van der Waals surface area contributed by atoms with Crippen molar-refractivity contribution in [3.63, 3.8) is 0 Å². The highest BCUT2D eigenvalue weighted by Gasteiger charge is 2.10. The molecule has 0 saturated carbocycles. The van der Waals surface area contributed by atoms with Gasteiger partial charge in [-0.2, -0.15) is 0 Å². The maximum absolute atomic E-state index is 8.61. The summed E-state index contributed by atoms with van der Waals surface area (Å²) in [6.07, 6.45) is 3.27. The Morgan fingerprint density at radius 3 is 1.94 bits per heavy atom. The zero-order valence-electron chi connectivity index (χ0n) is 8.85. The van der Waals surface area contributed by atoms with Crippen molar-refractivity contribution in [1.82, 2.24) is 4.98 Å². The number of benzene rings is 1. The predicted octanol–water partition coefficient (Wildman–Crippen LogP) is 1.22. The smallest absolute Gasteiger partial charge is 0.512 e. The van der Waals surface area contributed by atoms with Crippen LogP contribution in [0.1, 0.15) is 0 Å². The molecule has 6 heteroatoms. The van der Waals surface area contributed by atoms with Crippen molar-refractivity contribution in [2.45, 2.75) is 0 Å². The van der Waals surface area contributed by atoms with Gasteiger partial charge >= 0.3 is 7.32 Å². The lowest BCUT2D eigenvalue weighted by Crippen LogP contribution is -2.20. The van der Waals surface area contributed by atoms with Crippen molar-refractivity contribution in [3.05, 3.63) is 48.8 Å². The fourth-order valence-corrected chi connectivity index (χ4v) is 1.25. The Bertz CT molecular complexity index is 461. The molecule has 0 atom stereocenters. The summed E-state index contributed by atoms with van der Waals surface area (Å²) >= 11 is 0. The lowest BCUT2D eigenvalue weighted by atomic mass is 10.2. The summed E-state index contributed by atoms with van der Waals surface area (Å²) < 4.78 is 10.2. The van der Waals surface area contributed by atoms with Crippen LogP contribution in [0.3, 0.4) is 0 Å². The van der Waals surface area contributed by atoms with E-state index in [0.717, 1.165) is 0 Å². The first-order chi connectivity index (χ1) is 8.24. The first-order valence-electron chi connectivity index (χ1n) is 4.95. The molecule has 0 radical (unpaired) electrons. The van der Waals surface area contributed by atoms with Crippen LogP contribution in [0.2, 0.25) is 0 Å². The molecule has 2 N–H and O–H groups in total. The molecule has 2 aromatic rings. The summed E-state index contributed by atoms with van der Waals surface area (Å²) in [5.74, 6) is 1.65. The van der Waals surface area contributed by atoms with Gasteiger partial charge in [0.05, 0.1) is 0 Å². The van der Waals surface area contributed by atoms with Crippen molar-refractivity contribution in [3.8, 4) is 17.2 Å². The zero-order valence-corrected chi connectivity index (χ0v) is 8.85. The second-order valence-corrected chi connectivity index (χ2v) is 3.20. The van der Waals surface area contributed by atoms with Gasteiger partial charge in [-0.15, -0.1) is 0 Å². The lowest BCUT2D eigenvalue weighted by Gasteiger charge is -2.07. The fourth-order valence-electron chi connectivity index (χ4n) is 1.25. The topological polar surface area (TPSA) is 71.8 Å². The number of ether oxygens (including phenoxy) is 1. The molecular formula is C11H10BNO4. The van der Waals surface area contributed by atoms with Gasteiger partial charge < -0.3 is 19.4 Å². The summed E-state index contributed by atoms with van der Waals surface area (Å²) in [7, 11) is -1.82. The molecule has 0 aliphatic rings. The van der Waals surface area contributed by atoms with E-state index in [9.17, 15) is 0 Å². The van der Waals surface area contributed by atoms with Crippen LogP contribution >= 0.6 is 0 Å². The molecule has 0 aliphatic carbocycles. The number of nitrogens with zero attached hydrogens (tertiary/aromatic N) is 1. The molecule has 1 aromatic heterocycles. The van der Waals surface area contributed by atoms with E-state index in [4.69, 9.17) is 14.8 Å². The Hall–Kier alpha value is -2.05. The van der Waals surface area contributed by atoms with Crippen molar-refractivity contribution in [2.75, 3.05) is 0 Å². The monoisotopic (exact) mass is 231 g/mol. The third kappa shape index (κ3) is 3.48. The van der Waals surface area contributed by atoms with Gasteiger partial charge in [0.1, 0.15) is 17.2 Å². The molecule has 17 heavy (non-hydrogen) atoms. The average Bonchev–Trinajstić information content (AvgIpc) is 2.32. The van der Waals surface area contributed by atoms with Crippen LogP contribution < -0.4 is 9.39 Å². The van der Waals surface area contributed by atoms with Gasteiger partial charge in [0.2, 0.25) is 0 Å². The van der Waals surface area contributed by atoms with Gasteiger partial charge in [0.25, 0.3) is 0 Å². The largest absolute Gasteiger partial charge is 0.707 e. The quantitative estimate of drug-likeness (QED) is 0.774. The zero-order chi connectivity index (χ0) is 12.1. The molecule has 5 nitrogen and oxygen atoms in total. The second kappa shape index (κ2) is 5.33. The highest BCUT2D eigenvalue weighted by atomic mass is 16.6. The van der Waals surface area contributed by atoms with Crippen LogP contribution in [0.5, 0.6) is 17.2 Å². The molecule has 0 bridgehead atoms. The Balaban J connectivity index is 2.03. The highest BCUT2D eigenvalue weighted by molar-refractivity contribution is 6.33. The lowest BCUT2D eigenvalue weighted by molar-refractivity contribution is 0.288. The molecule has 0 fully saturated rings. The van der Waals surface area contributed by atoms with Crippen LogP contribution in [-0.4, -0.2) is 22.4 Å². The van der Waals surface area contributed by atoms with Gasteiger partial charge in [0.15, 0.2) is 0 Å². The minimum Gasteiger partial charge on any atom is -0.512 e. The number of rotatable bonds is 4. The van der Waals surface area contributed by atoms with E-state index in [-0.39, 0.29) is 0 Å². The van der Waals surface area contributed by atoms with Crippen molar-refractivity contribution in [1.29, 1.82) is 0 Å². The van der Waals surface area contributed by atoms with Gasteiger partial charge in [-0.25, -0.2) is 0 Å². The molecule has 0 amide bonds. The van der Waals surface area contributed by atoms with Crippen LogP contribution in [0.4, 0.5) is 0 Å². The maximum atomic E-state index is 8.61. The summed E-state index contributed by atoms with van der Waals surface area (Å²) in [5, 5.41) is 17.2. The maximum Gasteiger partial charge on any atom is 0.707 e. The molecule has 1 heterocycles.